The number of carbonyl (C=O) groups excluding carboxylic acids is 1. The minimum absolute atomic E-state index is 0.0519. The summed E-state index contributed by atoms with van der Waals surface area (Å²) < 4.78 is 0. The van der Waals surface area contributed by atoms with E-state index < -0.39 is 0 Å². The van der Waals surface area contributed by atoms with E-state index in [1.807, 2.05) is 12.1 Å². The number of hydrogen-bond donors (Lipinski definition) is 2. The molecule has 5 heteroatoms. The van der Waals surface area contributed by atoms with Crippen LogP contribution in [0.5, 0.6) is 0 Å². The Hall–Kier alpha value is -1.62. The highest BCUT2D eigenvalue weighted by molar-refractivity contribution is 7.09. The van der Waals surface area contributed by atoms with Crippen molar-refractivity contribution in [1.82, 2.24) is 10.2 Å². The Balaban J connectivity index is 1.44. The lowest BCUT2D eigenvalue weighted by atomic mass is 10.0. The fourth-order valence-corrected chi connectivity index (χ4v) is 3.68. The Morgan fingerprint density at radius 3 is 3.05 bits per heavy atom. The molecule has 112 valence electrons. The highest BCUT2D eigenvalue weighted by atomic mass is 32.1. The number of aromatic nitrogens is 2. The van der Waals surface area contributed by atoms with E-state index in [2.05, 4.69) is 27.0 Å². The molecule has 1 saturated carbocycles. The van der Waals surface area contributed by atoms with Gasteiger partial charge >= 0.3 is 0 Å². The molecule has 2 heterocycles. The molecule has 1 aliphatic rings. The predicted octanol–water partition coefficient (Wildman–Crippen LogP) is 4.09. The van der Waals surface area contributed by atoms with Gasteiger partial charge in [-0.2, -0.15) is 5.10 Å². The fraction of sp³-hybridized carbons (Fsp3) is 0.500. The first-order valence-electron chi connectivity index (χ1n) is 7.69. The molecule has 3 rings (SSSR count). The van der Waals surface area contributed by atoms with E-state index in [1.54, 1.807) is 11.3 Å². The first-order valence-corrected chi connectivity index (χ1v) is 8.57. The van der Waals surface area contributed by atoms with Gasteiger partial charge in [0.05, 0.1) is 0 Å². The molecule has 4 nitrogen and oxygen atoms in total. The normalized spacial score (nSPS) is 15.4. The summed E-state index contributed by atoms with van der Waals surface area (Å²) >= 11 is 1.75. The molecule has 1 aliphatic carbocycles. The largest absolute Gasteiger partial charge is 0.309 e. The fourth-order valence-electron chi connectivity index (χ4n) is 2.93. The number of nitrogens with zero attached hydrogens (tertiary/aromatic N) is 1. The molecular formula is C16H21N3OS. The topological polar surface area (TPSA) is 57.8 Å². The Morgan fingerprint density at radius 1 is 1.43 bits per heavy atom. The van der Waals surface area contributed by atoms with Gasteiger partial charge in [-0.05, 0) is 37.1 Å². The van der Waals surface area contributed by atoms with Crippen molar-refractivity contribution in [2.75, 3.05) is 5.32 Å². The van der Waals surface area contributed by atoms with Gasteiger partial charge in [0.2, 0.25) is 5.91 Å². The van der Waals surface area contributed by atoms with Crippen LogP contribution in [0.4, 0.5) is 5.82 Å². The van der Waals surface area contributed by atoms with Gasteiger partial charge in [-0.25, -0.2) is 0 Å². The van der Waals surface area contributed by atoms with Crippen LogP contribution in [0.25, 0.3) is 0 Å². The van der Waals surface area contributed by atoms with E-state index in [1.165, 1.54) is 36.3 Å². The second kappa shape index (κ2) is 6.89. The van der Waals surface area contributed by atoms with Crippen LogP contribution in [0, 0.1) is 0 Å². The van der Waals surface area contributed by atoms with Gasteiger partial charge < -0.3 is 5.32 Å². The molecule has 0 unspecified atom stereocenters. The highest BCUT2D eigenvalue weighted by Gasteiger charge is 2.19. The Kier molecular flexibility index (Phi) is 4.70. The van der Waals surface area contributed by atoms with E-state index in [0.717, 1.165) is 12.8 Å². The van der Waals surface area contributed by atoms with Crippen molar-refractivity contribution in [3.63, 3.8) is 0 Å². The summed E-state index contributed by atoms with van der Waals surface area (Å²) in [5.41, 5.74) is 1.17. The lowest BCUT2D eigenvalue weighted by molar-refractivity contribution is -0.116. The molecule has 21 heavy (non-hydrogen) atoms. The predicted molar refractivity (Wildman–Crippen MR) is 85.7 cm³/mol. The maximum Gasteiger partial charge on any atom is 0.225 e. The molecule has 2 aromatic heterocycles. The molecule has 2 N–H and O–H groups in total. The standard InChI is InChI=1S/C16H21N3OS/c20-16(9-3-7-13-8-4-10-21-13)17-15-11-14(18-19-15)12-5-1-2-6-12/h4,8,10-12H,1-3,5-7,9H2,(H2,17,18,19,20). The smallest absolute Gasteiger partial charge is 0.225 e. The molecular weight excluding hydrogens is 282 g/mol. The molecule has 0 atom stereocenters. The third kappa shape index (κ3) is 3.94. The number of aryl methyl sites for hydroxylation is 1. The summed E-state index contributed by atoms with van der Waals surface area (Å²) in [6, 6.07) is 6.16. The first kappa shape index (κ1) is 14.3. The second-order valence-electron chi connectivity index (χ2n) is 5.67. The number of nitrogens with one attached hydrogen (secondary N) is 2. The first-order chi connectivity index (χ1) is 10.3. The third-order valence-electron chi connectivity index (χ3n) is 4.07. The number of rotatable bonds is 6. The maximum atomic E-state index is 11.9. The molecule has 1 amide bonds. The number of thiophene rings is 1. The Morgan fingerprint density at radius 2 is 2.29 bits per heavy atom. The van der Waals surface area contributed by atoms with Crippen molar-refractivity contribution in [2.24, 2.45) is 0 Å². The van der Waals surface area contributed by atoms with E-state index in [-0.39, 0.29) is 5.91 Å². The lowest BCUT2D eigenvalue weighted by Gasteiger charge is -2.03. The van der Waals surface area contributed by atoms with Gasteiger partial charge in [-0.15, -0.1) is 11.3 Å². The molecule has 0 bridgehead atoms. The van der Waals surface area contributed by atoms with E-state index in [4.69, 9.17) is 0 Å². The quantitative estimate of drug-likeness (QED) is 0.844. The molecule has 0 spiro atoms. The van der Waals surface area contributed by atoms with Crippen LogP contribution in [0.1, 0.15) is 55.0 Å². The molecule has 0 radical (unpaired) electrons. The third-order valence-corrected chi connectivity index (χ3v) is 5.00. The minimum atomic E-state index is 0.0519. The molecule has 2 aromatic rings. The van der Waals surface area contributed by atoms with Crippen LogP contribution in [-0.4, -0.2) is 16.1 Å². The molecule has 0 aliphatic heterocycles. The van der Waals surface area contributed by atoms with Crippen LogP contribution in [0.15, 0.2) is 23.6 Å². The second-order valence-corrected chi connectivity index (χ2v) is 6.70. The highest BCUT2D eigenvalue weighted by Crippen LogP contribution is 2.33. The summed E-state index contributed by atoms with van der Waals surface area (Å²) in [5, 5.41) is 12.2. The van der Waals surface area contributed by atoms with Crippen LogP contribution in [-0.2, 0) is 11.2 Å². The van der Waals surface area contributed by atoms with Crippen molar-refractivity contribution >= 4 is 23.1 Å². The molecule has 1 fully saturated rings. The number of hydrogen-bond acceptors (Lipinski definition) is 3. The van der Waals surface area contributed by atoms with Crippen LogP contribution in [0.3, 0.4) is 0 Å². The van der Waals surface area contributed by atoms with Crippen molar-refractivity contribution in [3.8, 4) is 0 Å². The minimum Gasteiger partial charge on any atom is -0.309 e. The van der Waals surface area contributed by atoms with E-state index in [9.17, 15) is 4.79 Å². The molecule has 0 saturated heterocycles. The number of carbonyl (C=O) groups is 1. The summed E-state index contributed by atoms with van der Waals surface area (Å²) in [5.74, 6) is 1.32. The van der Waals surface area contributed by atoms with Gasteiger partial charge in [0.1, 0.15) is 0 Å². The van der Waals surface area contributed by atoms with Gasteiger partial charge in [-0.3, -0.25) is 9.89 Å². The van der Waals surface area contributed by atoms with Gasteiger partial charge in [-0.1, -0.05) is 18.9 Å². The Labute approximate surface area is 129 Å². The van der Waals surface area contributed by atoms with Crippen LogP contribution < -0.4 is 5.32 Å². The summed E-state index contributed by atoms with van der Waals surface area (Å²) in [6.45, 7) is 0. The van der Waals surface area contributed by atoms with E-state index in [0.29, 0.717) is 18.2 Å². The molecule has 0 aromatic carbocycles. The van der Waals surface area contributed by atoms with Gasteiger partial charge in [0.25, 0.3) is 0 Å². The van der Waals surface area contributed by atoms with Crippen LogP contribution in [0.2, 0.25) is 0 Å². The Bertz CT molecular complexity index is 570. The number of amides is 1. The maximum absolute atomic E-state index is 11.9. The monoisotopic (exact) mass is 303 g/mol. The number of aromatic amines is 1. The van der Waals surface area contributed by atoms with Gasteiger partial charge in [0.15, 0.2) is 5.82 Å². The van der Waals surface area contributed by atoms with Crippen molar-refractivity contribution in [3.05, 3.63) is 34.2 Å². The number of anilines is 1. The van der Waals surface area contributed by atoms with Crippen LogP contribution >= 0.6 is 11.3 Å². The summed E-state index contributed by atoms with van der Waals surface area (Å²) in [7, 11) is 0. The van der Waals surface area contributed by atoms with Crippen molar-refractivity contribution < 1.29 is 4.79 Å². The average molecular weight is 303 g/mol. The van der Waals surface area contributed by atoms with Crippen molar-refractivity contribution in [1.29, 1.82) is 0 Å². The SMILES string of the molecule is O=C(CCCc1cccs1)Nc1cc(C2CCCC2)[nH]n1. The van der Waals surface area contributed by atoms with Gasteiger partial charge in [0, 0.05) is 29.0 Å². The zero-order valence-corrected chi connectivity index (χ0v) is 12.9. The zero-order valence-electron chi connectivity index (χ0n) is 12.1. The summed E-state index contributed by atoms with van der Waals surface area (Å²) in [6.07, 6.45) is 7.46. The lowest BCUT2D eigenvalue weighted by Crippen LogP contribution is -2.11. The van der Waals surface area contributed by atoms with E-state index >= 15 is 0 Å². The zero-order chi connectivity index (χ0) is 14.5. The average Bonchev–Trinajstić information content (AvgIpc) is 3.21. The van der Waals surface area contributed by atoms with Crippen molar-refractivity contribution in [2.45, 2.75) is 50.9 Å². The number of H-pyrrole nitrogens is 1. The summed E-state index contributed by atoms with van der Waals surface area (Å²) in [4.78, 5) is 13.2.